The van der Waals surface area contributed by atoms with Gasteiger partial charge in [-0.05, 0) is 23.7 Å². The van der Waals surface area contributed by atoms with Gasteiger partial charge in [-0.15, -0.1) is 0 Å². The zero-order valence-corrected chi connectivity index (χ0v) is 17.8. The van der Waals surface area contributed by atoms with Gasteiger partial charge in [-0.1, -0.05) is 81.4 Å². The van der Waals surface area contributed by atoms with Crippen molar-refractivity contribution >= 4 is 14.0 Å². The average molecular weight is 370 g/mol. The number of rotatable bonds is 6. The largest absolute Gasteiger partial charge is 0.624 e. The molecule has 2 rings (SSSR count). The zero-order chi connectivity index (χ0) is 19.4. The first kappa shape index (κ1) is 20.4. The highest BCUT2D eigenvalue weighted by molar-refractivity contribution is 6.74. The van der Waals surface area contributed by atoms with Crippen molar-refractivity contribution in [2.24, 2.45) is 0 Å². The average Bonchev–Trinajstić information content (AvgIpc) is 2.59. The van der Waals surface area contributed by atoms with E-state index in [2.05, 4.69) is 33.9 Å². The highest BCUT2D eigenvalue weighted by Gasteiger charge is 2.41. The summed E-state index contributed by atoms with van der Waals surface area (Å²) in [6, 6.07) is 19.9. The Bertz CT molecular complexity index is 734. The fraction of sp³-hybridized carbons (Fsp3) is 0.409. The second-order valence-electron chi connectivity index (χ2n) is 8.33. The molecule has 0 radical (unpaired) electrons. The number of nitrogens with zero attached hydrogens (tertiary/aromatic N) is 1. The van der Waals surface area contributed by atoms with E-state index in [1.165, 1.54) is 0 Å². The van der Waals surface area contributed by atoms with E-state index >= 15 is 0 Å². The summed E-state index contributed by atoms with van der Waals surface area (Å²) in [5.41, 5.74) is 2.73. The van der Waals surface area contributed by atoms with Crippen LogP contribution >= 0.6 is 0 Å². The maximum Gasteiger partial charge on any atom is 0.193 e. The zero-order valence-electron chi connectivity index (χ0n) is 16.8. The maximum atomic E-state index is 12.9. The van der Waals surface area contributed by atoms with Gasteiger partial charge in [0.25, 0.3) is 0 Å². The van der Waals surface area contributed by atoms with Crippen LogP contribution in [0.5, 0.6) is 0 Å². The molecule has 0 saturated heterocycles. The molecule has 0 saturated carbocycles. The van der Waals surface area contributed by atoms with Crippen LogP contribution in [0.2, 0.25) is 18.1 Å². The molecule has 3 nitrogen and oxygen atoms in total. The van der Waals surface area contributed by atoms with Crippen LogP contribution in [0.25, 0.3) is 0 Å². The highest BCUT2D eigenvalue weighted by atomic mass is 28.4. The summed E-state index contributed by atoms with van der Waals surface area (Å²) < 4.78 is 7.74. The summed E-state index contributed by atoms with van der Waals surface area (Å²) in [5, 5.41) is 13.0. The van der Waals surface area contributed by atoms with Crippen molar-refractivity contribution in [2.75, 3.05) is 0 Å². The molecule has 0 aromatic heterocycles. The third kappa shape index (κ3) is 5.05. The van der Waals surface area contributed by atoms with Gasteiger partial charge in [-0.3, -0.25) is 0 Å². The molecule has 2 aromatic carbocycles. The normalized spacial score (nSPS) is 14.7. The number of hydrogen-bond acceptors (Lipinski definition) is 2. The quantitative estimate of drug-likeness (QED) is 0.208. The Morgan fingerprint density at radius 2 is 1.50 bits per heavy atom. The van der Waals surface area contributed by atoms with E-state index in [1.54, 1.807) is 0 Å². The number of hydrogen-bond donors (Lipinski definition) is 0. The van der Waals surface area contributed by atoms with Crippen LogP contribution in [0, 0.1) is 5.21 Å². The predicted molar refractivity (Wildman–Crippen MR) is 112 cm³/mol. The Hall–Kier alpha value is -1.91. The standard InChI is InChI=1S/C22H31NO2Si/c1-18(23(24)17-19-13-9-7-10-14-19)21(20-15-11-8-12-16-20)25-26(5,6)22(2,3)4/h7-16,21H,17H2,1-6H3/b23-18-/t21-/m0/s1. The molecule has 0 spiro atoms. The predicted octanol–water partition coefficient (Wildman–Crippen LogP) is 5.92. The van der Waals surface area contributed by atoms with E-state index in [0.717, 1.165) is 15.9 Å². The minimum absolute atomic E-state index is 0.0768. The molecule has 0 bridgehead atoms. The van der Waals surface area contributed by atoms with E-state index < -0.39 is 8.32 Å². The van der Waals surface area contributed by atoms with Crippen molar-refractivity contribution in [3.05, 3.63) is 77.0 Å². The lowest BCUT2D eigenvalue weighted by Gasteiger charge is -2.39. The van der Waals surface area contributed by atoms with E-state index in [9.17, 15) is 5.21 Å². The van der Waals surface area contributed by atoms with Crippen LogP contribution in [0.1, 0.15) is 44.9 Å². The molecule has 140 valence electrons. The SMILES string of the molecule is C/C([C@H](O[Si](C)(C)C(C)(C)C)c1ccccc1)=[N+](/[O-])Cc1ccccc1. The molecule has 2 aromatic rings. The Kier molecular flexibility index (Phi) is 6.42. The lowest BCUT2D eigenvalue weighted by molar-refractivity contribution is -0.478. The summed E-state index contributed by atoms with van der Waals surface area (Å²) in [4.78, 5) is 0. The van der Waals surface area contributed by atoms with Gasteiger partial charge >= 0.3 is 0 Å². The van der Waals surface area contributed by atoms with Crippen molar-refractivity contribution in [3.63, 3.8) is 0 Å². The van der Waals surface area contributed by atoms with Crippen molar-refractivity contribution in [1.29, 1.82) is 0 Å². The van der Waals surface area contributed by atoms with E-state index in [1.807, 2.05) is 67.6 Å². The van der Waals surface area contributed by atoms with Crippen LogP contribution in [-0.2, 0) is 11.0 Å². The second kappa shape index (κ2) is 8.19. The number of benzene rings is 2. The first-order valence-electron chi connectivity index (χ1n) is 9.16. The summed E-state index contributed by atoms with van der Waals surface area (Å²) in [7, 11) is -2.04. The smallest absolute Gasteiger partial charge is 0.193 e. The fourth-order valence-electron chi connectivity index (χ4n) is 2.50. The molecular formula is C22H31NO2Si. The lowest BCUT2D eigenvalue weighted by Crippen LogP contribution is -2.43. The van der Waals surface area contributed by atoms with Gasteiger partial charge in [0.1, 0.15) is 0 Å². The van der Waals surface area contributed by atoms with Gasteiger partial charge in [0.15, 0.2) is 26.7 Å². The van der Waals surface area contributed by atoms with Crippen molar-refractivity contribution in [1.82, 2.24) is 0 Å². The maximum absolute atomic E-state index is 12.9. The summed E-state index contributed by atoms with van der Waals surface area (Å²) >= 11 is 0. The molecule has 0 amide bonds. The first-order valence-corrected chi connectivity index (χ1v) is 12.1. The molecule has 0 N–H and O–H groups in total. The molecule has 1 atom stereocenters. The van der Waals surface area contributed by atoms with Crippen molar-refractivity contribution in [3.8, 4) is 0 Å². The van der Waals surface area contributed by atoms with Gasteiger partial charge < -0.3 is 9.63 Å². The van der Waals surface area contributed by atoms with Crippen LogP contribution < -0.4 is 0 Å². The monoisotopic (exact) mass is 369 g/mol. The van der Waals surface area contributed by atoms with Gasteiger partial charge in [0.05, 0.1) is 0 Å². The van der Waals surface area contributed by atoms with Gasteiger partial charge in [-0.25, -0.2) is 4.74 Å². The van der Waals surface area contributed by atoms with Gasteiger partial charge in [-0.2, -0.15) is 0 Å². The molecule has 0 unspecified atom stereocenters. The highest BCUT2D eigenvalue weighted by Crippen LogP contribution is 2.40. The molecule has 0 fully saturated rings. The molecular weight excluding hydrogens is 338 g/mol. The topological polar surface area (TPSA) is 35.3 Å². The third-order valence-electron chi connectivity index (χ3n) is 5.26. The van der Waals surface area contributed by atoms with E-state index in [-0.39, 0.29) is 11.1 Å². The number of hydroxylamine groups is 1. The van der Waals surface area contributed by atoms with Crippen LogP contribution in [0.15, 0.2) is 60.7 Å². The molecule has 26 heavy (non-hydrogen) atoms. The summed E-state index contributed by atoms with van der Waals surface area (Å²) in [6.07, 6.45) is -0.321. The Morgan fingerprint density at radius 3 is 2.00 bits per heavy atom. The fourth-order valence-corrected chi connectivity index (χ4v) is 3.75. The Morgan fingerprint density at radius 1 is 1.00 bits per heavy atom. The summed E-state index contributed by atoms with van der Waals surface area (Å²) in [5.74, 6) is 0. The van der Waals surface area contributed by atoms with Crippen molar-refractivity contribution in [2.45, 2.75) is 58.5 Å². The Balaban J connectivity index is 2.38. The molecule has 0 aliphatic carbocycles. The molecule has 0 aliphatic heterocycles. The molecule has 0 heterocycles. The van der Waals surface area contributed by atoms with Gasteiger partial charge in [0.2, 0.25) is 0 Å². The van der Waals surface area contributed by atoms with Crippen LogP contribution in [0.4, 0.5) is 0 Å². The van der Waals surface area contributed by atoms with Crippen molar-refractivity contribution < 1.29 is 9.16 Å². The molecule has 0 aliphatic rings. The van der Waals surface area contributed by atoms with E-state index in [4.69, 9.17) is 4.43 Å². The minimum atomic E-state index is -2.04. The molecule has 4 heteroatoms. The second-order valence-corrected chi connectivity index (χ2v) is 13.1. The van der Waals surface area contributed by atoms with E-state index in [0.29, 0.717) is 12.3 Å². The Labute approximate surface area is 159 Å². The van der Waals surface area contributed by atoms with Crippen LogP contribution in [0.3, 0.4) is 0 Å². The van der Waals surface area contributed by atoms with Crippen LogP contribution in [-0.4, -0.2) is 18.8 Å². The summed E-state index contributed by atoms with van der Waals surface area (Å²) in [6.45, 7) is 13.3. The third-order valence-corrected chi connectivity index (χ3v) is 9.70. The lowest BCUT2D eigenvalue weighted by atomic mass is 10.1. The first-order chi connectivity index (χ1) is 12.1. The van der Waals surface area contributed by atoms with Gasteiger partial charge in [0, 0.05) is 12.5 Å². The minimum Gasteiger partial charge on any atom is -0.624 e.